The smallest absolute Gasteiger partial charge is 0.161 e. The molecule has 1 aromatic rings. The second-order valence-corrected chi connectivity index (χ2v) is 4.80. The second kappa shape index (κ2) is 6.01. The van der Waals surface area contributed by atoms with Crippen LogP contribution >= 0.6 is 11.8 Å². The molecule has 1 atom stereocenters. The third-order valence-corrected chi connectivity index (χ3v) is 3.50. The Morgan fingerprint density at radius 3 is 2.94 bits per heavy atom. The maximum Gasteiger partial charge on any atom is 0.161 e. The van der Waals surface area contributed by atoms with Crippen LogP contribution in [0.1, 0.15) is 6.42 Å². The summed E-state index contributed by atoms with van der Waals surface area (Å²) in [4.78, 5) is 0. The average molecular weight is 240 g/mol. The molecule has 0 aromatic heterocycles. The van der Waals surface area contributed by atoms with Crippen LogP contribution in [0, 0.1) is 0 Å². The van der Waals surface area contributed by atoms with Crippen LogP contribution in [0.2, 0.25) is 0 Å². The largest absolute Gasteiger partial charge is 0.486 e. The Hall–Kier alpha value is -0.870. The highest BCUT2D eigenvalue weighted by atomic mass is 32.2. The van der Waals surface area contributed by atoms with Gasteiger partial charge in [-0.25, -0.2) is 0 Å². The van der Waals surface area contributed by atoms with Gasteiger partial charge in [0.1, 0.15) is 12.7 Å². The standard InChI is InChI=1S/C12H16O3S/c13-6-3-7-16-9-10-8-14-11-4-1-2-5-12(11)15-10/h1-2,4-5,10,13H,3,6-9H2. The molecule has 0 bridgehead atoms. The number of thioether (sulfide) groups is 1. The predicted octanol–water partition coefficient (Wildman–Crippen LogP) is 1.94. The van der Waals surface area contributed by atoms with E-state index in [1.54, 1.807) is 11.8 Å². The number of hydrogen-bond donors (Lipinski definition) is 1. The van der Waals surface area contributed by atoms with E-state index >= 15 is 0 Å². The highest BCUT2D eigenvalue weighted by Gasteiger charge is 2.19. The van der Waals surface area contributed by atoms with Crippen LogP contribution in [-0.2, 0) is 0 Å². The topological polar surface area (TPSA) is 38.7 Å². The number of aliphatic hydroxyl groups is 1. The summed E-state index contributed by atoms with van der Waals surface area (Å²) in [7, 11) is 0. The molecule has 0 saturated carbocycles. The van der Waals surface area contributed by atoms with Gasteiger partial charge >= 0.3 is 0 Å². The fraction of sp³-hybridized carbons (Fsp3) is 0.500. The normalized spacial score (nSPS) is 18.4. The van der Waals surface area contributed by atoms with E-state index in [-0.39, 0.29) is 12.7 Å². The zero-order valence-electron chi connectivity index (χ0n) is 9.09. The van der Waals surface area contributed by atoms with Crippen molar-refractivity contribution in [2.75, 3.05) is 24.7 Å². The summed E-state index contributed by atoms with van der Waals surface area (Å²) in [6.07, 6.45) is 0.966. The van der Waals surface area contributed by atoms with Crippen LogP contribution in [0.4, 0.5) is 0 Å². The van der Waals surface area contributed by atoms with Crippen molar-refractivity contribution in [2.45, 2.75) is 12.5 Å². The lowest BCUT2D eigenvalue weighted by atomic mass is 10.3. The van der Waals surface area contributed by atoms with Crippen LogP contribution in [0.25, 0.3) is 0 Å². The van der Waals surface area contributed by atoms with Gasteiger partial charge in [-0.15, -0.1) is 0 Å². The van der Waals surface area contributed by atoms with E-state index < -0.39 is 0 Å². The quantitative estimate of drug-likeness (QED) is 0.798. The summed E-state index contributed by atoms with van der Waals surface area (Å²) in [5, 5.41) is 8.66. The lowest BCUT2D eigenvalue weighted by molar-refractivity contribution is 0.107. The van der Waals surface area contributed by atoms with E-state index in [4.69, 9.17) is 14.6 Å². The van der Waals surface area contributed by atoms with Gasteiger partial charge in [-0.3, -0.25) is 0 Å². The first-order valence-electron chi connectivity index (χ1n) is 5.47. The maximum absolute atomic E-state index is 8.66. The molecule has 1 N–H and O–H groups in total. The molecule has 0 amide bonds. The molecule has 1 unspecified atom stereocenters. The van der Waals surface area contributed by atoms with Crippen LogP contribution in [0.15, 0.2) is 24.3 Å². The van der Waals surface area contributed by atoms with E-state index in [0.717, 1.165) is 29.4 Å². The van der Waals surface area contributed by atoms with Crippen LogP contribution < -0.4 is 9.47 Å². The van der Waals surface area contributed by atoms with Crippen molar-refractivity contribution in [1.29, 1.82) is 0 Å². The first-order valence-corrected chi connectivity index (χ1v) is 6.62. The van der Waals surface area contributed by atoms with Crippen LogP contribution in [-0.4, -0.2) is 35.9 Å². The van der Waals surface area contributed by atoms with Gasteiger partial charge in [0.15, 0.2) is 11.5 Å². The van der Waals surface area contributed by atoms with Gasteiger partial charge in [-0.2, -0.15) is 11.8 Å². The number of hydrogen-bond acceptors (Lipinski definition) is 4. The van der Waals surface area contributed by atoms with Crippen molar-refractivity contribution in [3.05, 3.63) is 24.3 Å². The van der Waals surface area contributed by atoms with Crippen molar-refractivity contribution >= 4 is 11.8 Å². The van der Waals surface area contributed by atoms with E-state index in [0.29, 0.717) is 6.61 Å². The molecule has 88 valence electrons. The van der Waals surface area contributed by atoms with E-state index in [1.165, 1.54) is 0 Å². The third-order valence-electron chi connectivity index (χ3n) is 2.32. The Kier molecular flexibility index (Phi) is 4.36. The molecule has 2 rings (SSSR count). The Labute approximate surface area is 99.8 Å². The van der Waals surface area contributed by atoms with Crippen LogP contribution in [0.5, 0.6) is 11.5 Å². The molecule has 3 nitrogen and oxygen atoms in total. The predicted molar refractivity (Wildman–Crippen MR) is 65.4 cm³/mol. The Morgan fingerprint density at radius 1 is 1.31 bits per heavy atom. The highest BCUT2D eigenvalue weighted by molar-refractivity contribution is 7.99. The number of aliphatic hydroxyl groups excluding tert-OH is 1. The first kappa shape index (κ1) is 11.6. The molecule has 1 aromatic carbocycles. The zero-order valence-corrected chi connectivity index (χ0v) is 9.91. The summed E-state index contributed by atoms with van der Waals surface area (Å²) < 4.78 is 11.4. The number of benzene rings is 1. The van der Waals surface area contributed by atoms with Crippen molar-refractivity contribution in [3.63, 3.8) is 0 Å². The van der Waals surface area contributed by atoms with E-state index in [1.807, 2.05) is 24.3 Å². The van der Waals surface area contributed by atoms with Crippen molar-refractivity contribution in [2.24, 2.45) is 0 Å². The molecule has 16 heavy (non-hydrogen) atoms. The number of ether oxygens (including phenoxy) is 2. The van der Waals surface area contributed by atoms with E-state index in [9.17, 15) is 0 Å². The summed E-state index contributed by atoms with van der Waals surface area (Å²) in [6, 6.07) is 7.74. The Bertz CT molecular complexity index is 330. The van der Waals surface area contributed by atoms with Gasteiger partial charge in [0.05, 0.1) is 0 Å². The third kappa shape index (κ3) is 3.06. The van der Waals surface area contributed by atoms with Gasteiger partial charge in [0.2, 0.25) is 0 Å². The lowest BCUT2D eigenvalue weighted by Gasteiger charge is -2.26. The zero-order chi connectivity index (χ0) is 11.2. The molecule has 0 fully saturated rings. The summed E-state index contributed by atoms with van der Waals surface area (Å²) in [6.45, 7) is 0.876. The molecular weight excluding hydrogens is 224 g/mol. The van der Waals surface area contributed by atoms with Crippen molar-refractivity contribution in [1.82, 2.24) is 0 Å². The summed E-state index contributed by atoms with van der Waals surface area (Å²) in [5.74, 6) is 3.55. The number of para-hydroxylation sites is 2. The monoisotopic (exact) mass is 240 g/mol. The average Bonchev–Trinajstić information content (AvgIpc) is 2.34. The van der Waals surface area contributed by atoms with Crippen molar-refractivity contribution in [3.8, 4) is 11.5 Å². The molecule has 1 aliphatic rings. The minimum atomic E-state index is 0.124. The molecule has 4 heteroatoms. The molecular formula is C12H16O3S. The molecule has 0 radical (unpaired) electrons. The molecule has 0 aliphatic carbocycles. The summed E-state index contributed by atoms with van der Waals surface area (Å²) >= 11 is 1.79. The number of rotatable bonds is 5. The SMILES string of the molecule is OCCCSCC1COc2ccccc2O1. The van der Waals surface area contributed by atoms with Crippen molar-refractivity contribution < 1.29 is 14.6 Å². The fourth-order valence-corrected chi connectivity index (χ4v) is 2.45. The van der Waals surface area contributed by atoms with Gasteiger partial charge in [-0.05, 0) is 24.3 Å². The lowest BCUT2D eigenvalue weighted by Crippen LogP contribution is -2.31. The molecule has 1 aliphatic heterocycles. The van der Waals surface area contributed by atoms with Gasteiger partial charge in [0.25, 0.3) is 0 Å². The van der Waals surface area contributed by atoms with Gasteiger partial charge in [-0.1, -0.05) is 12.1 Å². The maximum atomic E-state index is 8.66. The first-order chi connectivity index (χ1) is 7.90. The fourth-order valence-electron chi connectivity index (χ4n) is 1.53. The minimum absolute atomic E-state index is 0.124. The Balaban J connectivity index is 1.79. The Morgan fingerprint density at radius 2 is 2.12 bits per heavy atom. The second-order valence-electron chi connectivity index (χ2n) is 3.65. The molecule has 0 spiro atoms. The van der Waals surface area contributed by atoms with E-state index in [2.05, 4.69) is 0 Å². The van der Waals surface area contributed by atoms with Gasteiger partial charge < -0.3 is 14.6 Å². The highest BCUT2D eigenvalue weighted by Crippen LogP contribution is 2.31. The van der Waals surface area contributed by atoms with Gasteiger partial charge in [0, 0.05) is 12.4 Å². The summed E-state index contributed by atoms with van der Waals surface area (Å²) in [5.41, 5.74) is 0. The number of fused-ring (bicyclic) bond motifs is 1. The molecule has 0 saturated heterocycles. The van der Waals surface area contributed by atoms with Crippen LogP contribution in [0.3, 0.4) is 0 Å². The minimum Gasteiger partial charge on any atom is -0.486 e. The molecule has 1 heterocycles.